The van der Waals surface area contributed by atoms with Crippen LogP contribution < -0.4 is 9.64 Å². The molecule has 0 aliphatic carbocycles. The summed E-state index contributed by atoms with van der Waals surface area (Å²) in [5.74, 6) is 1.42. The summed E-state index contributed by atoms with van der Waals surface area (Å²) in [4.78, 5) is 6.27. The molecule has 0 fully saturated rings. The van der Waals surface area contributed by atoms with E-state index in [4.69, 9.17) is 4.74 Å². The predicted octanol–water partition coefficient (Wildman–Crippen LogP) is 1.61. The molecular weight excluding hydrogens is 216 g/mol. The fraction of sp³-hybridized carbons (Fsp3) is 0.250. The van der Waals surface area contributed by atoms with Crippen molar-refractivity contribution in [3.63, 3.8) is 0 Å². The van der Waals surface area contributed by atoms with Gasteiger partial charge in [0.25, 0.3) is 0 Å². The second kappa shape index (κ2) is 4.78. The number of hydrogen-bond acceptors (Lipinski definition) is 5. The van der Waals surface area contributed by atoms with Crippen LogP contribution in [0.15, 0.2) is 30.5 Å². The summed E-state index contributed by atoms with van der Waals surface area (Å²) in [7, 11) is 5.47. The molecule has 0 aliphatic heterocycles. The molecule has 2 heterocycles. The van der Waals surface area contributed by atoms with E-state index in [2.05, 4.69) is 15.2 Å². The molecule has 0 atom stereocenters. The molecule has 5 nitrogen and oxygen atoms in total. The van der Waals surface area contributed by atoms with Gasteiger partial charge in [0.1, 0.15) is 5.82 Å². The number of rotatable bonds is 3. The lowest BCUT2D eigenvalue weighted by Crippen LogP contribution is -2.10. The molecule has 5 heteroatoms. The summed E-state index contributed by atoms with van der Waals surface area (Å²) in [5.41, 5.74) is 1.72. The fourth-order valence-corrected chi connectivity index (χ4v) is 1.38. The zero-order valence-electron chi connectivity index (χ0n) is 10.1. The lowest BCUT2D eigenvalue weighted by molar-refractivity contribution is 0.392. The van der Waals surface area contributed by atoms with Crippen LogP contribution in [0.1, 0.15) is 0 Å². The van der Waals surface area contributed by atoms with E-state index in [9.17, 15) is 0 Å². The summed E-state index contributed by atoms with van der Waals surface area (Å²) < 4.78 is 4.96. The molecule has 2 rings (SSSR count). The third-order valence-electron chi connectivity index (χ3n) is 2.35. The minimum atomic E-state index is 0.506. The Hall–Kier alpha value is -2.17. The van der Waals surface area contributed by atoms with Gasteiger partial charge in [0, 0.05) is 31.9 Å². The lowest BCUT2D eigenvalue weighted by Gasteiger charge is -2.10. The summed E-state index contributed by atoms with van der Waals surface area (Å²) in [5, 5.41) is 7.99. The summed E-state index contributed by atoms with van der Waals surface area (Å²) >= 11 is 0. The maximum Gasteiger partial charge on any atom is 0.233 e. The van der Waals surface area contributed by atoms with Gasteiger partial charge in [-0.2, -0.15) is 0 Å². The first kappa shape index (κ1) is 11.3. The Morgan fingerprint density at radius 3 is 2.35 bits per heavy atom. The molecular formula is C12H14N4O. The van der Waals surface area contributed by atoms with Gasteiger partial charge in [0.15, 0.2) is 0 Å². The smallest absolute Gasteiger partial charge is 0.233 e. The molecule has 17 heavy (non-hydrogen) atoms. The average Bonchev–Trinajstić information content (AvgIpc) is 2.39. The van der Waals surface area contributed by atoms with Crippen molar-refractivity contribution in [2.75, 3.05) is 26.1 Å². The average molecular weight is 230 g/mol. The summed E-state index contributed by atoms with van der Waals surface area (Å²) in [6.07, 6.45) is 1.78. The van der Waals surface area contributed by atoms with E-state index in [-0.39, 0.29) is 0 Å². The molecule has 0 saturated heterocycles. The topological polar surface area (TPSA) is 51.1 Å². The van der Waals surface area contributed by atoms with Crippen LogP contribution in [0.25, 0.3) is 11.3 Å². The largest absolute Gasteiger partial charge is 0.480 e. The maximum atomic E-state index is 4.96. The van der Waals surface area contributed by atoms with Crippen molar-refractivity contribution in [2.45, 2.75) is 0 Å². The van der Waals surface area contributed by atoms with Crippen molar-refractivity contribution in [3.05, 3.63) is 30.5 Å². The SMILES string of the molecule is COc1ccc(-c2ccc(N(C)C)nc2)nn1. The van der Waals surface area contributed by atoms with Crippen LogP contribution in [0.4, 0.5) is 5.82 Å². The highest BCUT2D eigenvalue weighted by molar-refractivity contribution is 5.59. The second-order valence-electron chi connectivity index (χ2n) is 3.76. The molecule has 2 aromatic heterocycles. The van der Waals surface area contributed by atoms with Gasteiger partial charge in [-0.05, 0) is 18.2 Å². The van der Waals surface area contributed by atoms with Crippen LogP contribution >= 0.6 is 0 Å². The Bertz CT molecular complexity index is 479. The van der Waals surface area contributed by atoms with E-state index in [1.807, 2.05) is 37.2 Å². The monoisotopic (exact) mass is 230 g/mol. The van der Waals surface area contributed by atoms with Gasteiger partial charge < -0.3 is 9.64 Å². The standard InChI is InChI=1S/C12H14N4O/c1-16(2)11-6-4-9(8-13-11)10-5-7-12(17-3)15-14-10/h4-8H,1-3H3. The normalized spacial score (nSPS) is 10.1. The highest BCUT2D eigenvalue weighted by atomic mass is 16.5. The number of anilines is 1. The van der Waals surface area contributed by atoms with Crippen molar-refractivity contribution in [3.8, 4) is 17.1 Å². The highest BCUT2D eigenvalue weighted by Crippen LogP contribution is 2.18. The van der Waals surface area contributed by atoms with Crippen LogP contribution in [-0.4, -0.2) is 36.4 Å². The third-order valence-corrected chi connectivity index (χ3v) is 2.35. The second-order valence-corrected chi connectivity index (χ2v) is 3.76. The van der Waals surface area contributed by atoms with Crippen molar-refractivity contribution in [1.82, 2.24) is 15.2 Å². The van der Waals surface area contributed by atoms with E-state index in [0.29, 0.717) is 5.88 Å². The molecule has 0 spiro atoms. The van der Waals surface area contributed by atoms with Crippen LogP contribution in [0.2, 0.25) is 0 Å². The maximum absolute atomic E-state index is 4.96. The molecule has 0 radical (unpaired) electrons. The van der Waals surface area contributed by atoms with Gasteiger partial charge in [0.05, 0.1) is 12.8 Å². The van der Waals surface area contributed by atoms with Gasteiger partial charge in [0.2, 0.25) is 5.88 Å². The molecule has 0 unspecified atom stereocenters. The Kier molecular flexibility index (Phi) is 3.18. The Labute approximate surface area is 100 Å². The zero-order chi connectivity index (χ0) is 12.3. The lowest BCUT2D eigenvalue weighted by atomic mass is 10.2. The summed E-state index contributed by atoms with van der Waals surface area (Å²) in [6.45, 7) is 0. The number of pyridine rings is 1. The summed E-state index contributed by atoms with van der Waals surface area (Å²) in [6, 6.07) is 7.56. The third kappa shape index (κ3) is 2.50. The van der Waals surface area contributed by atoms with Gasteiger partial charge in [-0.15, -0.1) is 10.2 Å². The van der Waals surface area contributed by atoms with Gasteiger partial charge in [-0.3, -0.25) is 0 Å². The molecule has 0 aromatic carbocycles. The van der Waals surface area contributed by atoms with Gasteiger partial charge >= 0.3 is 0 Å². The van der Waals surface area contributed by atoms with E-state index >= 15 is 0 Å². The van der Waals surface area contributed by atoms with E-state index < -0.39 is 0 Å². The van der Waals surface area contributed by atoms with Crippen molar-refractivity contribution in [2.24, 2.45) is 0 Å². The predicted molar refractivity (Wildman–Crippen MR) is 66.1 cm³/mol. The molecule has 0 amide bonds. The van der Waals surface area contributed by atoms with Crippen molar-refractivity contribution < 1.29 is 4.74 Å². The van der Waals surface area contributed by atoms with Crippen LogP contribution in [0.3, 0.4) is 0 Å². The Balaban J connectivity index is 2.26. The Morgan fingerprint density at radius 1 is 1.06 bits per heavy atom. The molecule has 0 saturated carbocycles. The first-order valence-corrected chi connectivity index (χ1v) is 5.22. The van der Waals surface area contributed by atoms with Crippen molar-refractivity contribution >= 4 is 5.82 Å². The zero-order valence-corrected chi connectivity index (χ0v) is 10.1. The van der Waals surface area contributed by atoms with Crippen LogP contribution in [0.5, 0.6) is 5.88 Å². The number of ether oxygens (including phenoxy) is 1. The highest BCUT2D eigenvalue weighted by Gasteiger charge is 2.03. The van der Waals surface area contributed by atoms with Crippen LogP contribution in [0, 0.1) is 0 Å². The number of hydrogen-bond donors (Lipinski definition) is 0. The van der Waals surface area contributed by atoms with Gasteiger partial charge in [-0.1, -0.05) is 0 Å². The van der Waals surface area contributed by atoms with E-state index in [1.165, 1.54) is 0 Å². The fourth-order valence-electron chi connectivity index (χ4n) is 1.38. The first-order chi connectivity index (χ1) is 8.20. The number of nitrogens with zero attached hydrogens (tertiary/aromatic N) is 4. The minimum absolute atomic E-state index is 0.506. The van der Waals surface area contributed by atoms with E-state index in [1.54, 1.807) is 19.4 Å². The Morgan fingerprint density at radius 2 is 1.88 bits per heavy atom. The van der Waals surface area contributed by atoms with Gasteiger partial charge in [-0.25, -0.2) is 4.98 Å². The first-order valence-electron chi connectivity index (χ1n) is 5.22. The molecule has 88 valence electrons. The minimum Gasteiger partial charge on any atom is -0.480 e. The quantitative estimate of drug-likeness (QED) is 0.801. The molecule has 0 bridgehead atoms. The molecule has 0 N–H and O–H groups in total. The number of methoxy groups -OCH3 is 1. The number of aromatic nitrogens is 3. The van der Waals surface area contributed by atoms with E-state index in [0.717, 1.165) is 17.1 Å². The molecule has 0 aliphatic rings. The van der Waals surface area contributed by atoms with Crippen molar-refractivity contribution in [1.29, 1.82) is 0 Å². The molecule has 2 aromatic rings. The van der Waals surface area contributed by atoms with Crippen LogP contribution in [-0.2, 0) is 0 Å².